The number of nitro benzene ring substituents is 1. The maximum Gasteiger partial charge on any atom is 0.280 e. The Bertz CT molecular complexity index is 1370. The van der Waals surface area contributed by atoms with E-state index in [2.05, 4.69) is 10.4 Å². The number of halogens is 4. The van der Waals surface area contributed by atoms with Crippen molar-refractivity contribution in [3.8, 4) is 5.75 Å². The zero-order valence-corrected chi connectivity index (χ0v) is 19.8. The molecule has 2 N–H and O–H groups in total. The third-order valence-corrected chi connectivity index (χ3v) is 5.80. The summed E-state index contributed by atoms with van der Waals surface area (Å²) in [4.78, 5) is 28.4. The Hall–Kier alpha value is -3.30. The summed E-state index contributed by atoms with van der Waals surface area (Å²) in [5, 5.41) is 22.5. The molecule has 3 aromatic carbocycles. The van der Waals surface area contributed by atoms with E-state index < -0.39 is 10.8 Å². The van der Waals surface area contributed by atoms with Crippen molar-refractivity contribution in [2.45, 2.75) is 0 Å². The summed E-state index contributed by atoms with van der Waals surface area (Å²) >= 11 is 24.8. The second-order valence-electron chi connectivity index (χ2n) is 6.97. The number of anilines is 1. The summed E-state index contributed by atoms with van der Waals surface area (Å²) < 4.78 is 0. The number of amides is 1. The van der Waals surface area contributed by atoms with Crippen LogP contribution in [0.15, 0.2) is 65.2 Å². The standard InChI is InChI=1S/C22H12Cl4N4O4/c23-12-8-17(25)20(18(26)9-12)29-22(32)15(7-11-1-4-14(31)5-2-11)21(28-29)27-19-10-13(30(33)34)3-6-16(19)24/h1-10,31H,(H,27,28)/b15-7+. The number of amidine groups is 1. The SMILES string of the molecule is O=C1/C(=C/c2ccc(O)cc2)C(=Nc2cc([N+](=O)[O-])ccc2Cl)NN1c1c(Cl)cc(Cl)cc1Cl. The number of hydrazine groups is 1. The van der Waals surface area contributed by atoms with Gasteiger partial charge in [-0.05, 0) is 42.0 Å². The van der Waals surface area contributed by atoms with E-state index in [1.807, 2.05) is 0 Å². The lowest BCUT2D eigenvalue weighted by Gasteiger charge is -2.18. The van der Waals surface area contributed by atoms with E-state index in [-0.39, 0.29) is 54.3 Å². The summed E-state index contributed by atoms with van der Waals surface area (Å²) in [5.41, 5.74) is 3.50. The Morgan fingerprint density at radius 3 is 2.24 bits per heavy atom. The number of phenols is 1. The Morgan fingerprint density at radius 1 is 0.971 bits per heavy atom. The van der Waals surface area contributed by atoms with Crippen LogP contribution in [-0.2, 0) is 4.79 Å². The molecule has 0 bridgehead atoms. The average molecular weight is 538 g/mol. The van der Waals surface area contributed by atoms with E-state index in [9.17, 15) is 20.0 Å². The number of hydrogen-bond acceptors (Lipinski definition) is 5. The van der Waals surface area contributed by atoms with Crippen molar-refractivity contribution in [3.63, 3.8) is 0 Å². The molecule has 1 aliphatic rings. The molecule has 0 unspecified atom stereocenters. The van der Waals surface area contributed by atoms with Crippen LogP contribution in [0, 0.1) is 10.1 Å². The highest BCUT2D eigenvalue weighted by Crippen LogP contribution is 2.39. The predicted molar refractivity (Wildman–Crippen MR) is 133 cm³/mol. The fraction of sp³-hybridized carbons (Fsp3) is 0. The molecule has 172 valence electrons. The minimum absolute atomic E-state index is 0.0440. The van der Waals surface area contributed by atoms with Crippen LogP contribution in [-0.4, -0.2) is 21.8 Å². The van der Waals surface area contributed by atoms with E-state index in [1.54, 1.807) is 12.1 Å². The Morgan fingerprint density at radius 2 is 1.62 bits per heavy atom. The molecule has 1 aliphatic heterocycles. The van der Waals surface area contributed by atoms with Gasteiger partial charge in [-0.1, -0.05) is 58.5 Å². The van der Waals surface area contributed by atoms with Crippen molar-refractivity contribution < 1.29 is 14.8 Å². The Labute approximate surface area is 212 Å². The van der Waals surface area contributed by atoms with Crippen molar-refractivity contribution in [1.29, 1.82) is 0 Å². The van der Waals surface area contributed by atoms with Gasteiger partial charge in [0.15, 0.2) is 5.84 Å². The monoisotopic (exact) mass is 536 g/mol. The maximum absolute atomic E-state index is 13.4. The van der Waals surface area contributed by atoms with Gasteiger partial charge in [-0.25, -0.2) is 10.0 Å². The van der Waals surface area contributed by atoms with Crippen LogP contribution >= 0.6 is 46.4 Å². The summed E-state index contributed by atoms with van der Waals surface area (Å²) in [7, 11) is 0. The molecule has 0 atom stereocenters. The molecule has 0 spiro atoms. The van der Waals surface area contributed by atoms with Crippen molar-refractivity contribution in [1.82, 2.24) is 5.43 Å². The lowest BCUT2D eigenvalue weighted by atomic mass is 10.1. The van der Waals surface area contributed by atoms with Gasteiger partial charge in [-0.15, -0.1) is 0 Å². The quantitative estimate of drug-likeness (QED) is 0.222. The predicted octanol–water partition coefficient (Wildman–Crippen LogP) is 6.58. The first-order chi connectivity index (χ1) is 16.1. The fourth-order valence-corrected chi connectivity index (χ4v) is 4.26. The minimum Gasteiger partial charge on any atom is -0.508 e. The van der Waals surface area contributed by atoms with Gasteiger partial charge in [0, 0.05) is 17.2 Å². The number of carbonyl (C=O) groups is 1. The molecule has 1 saturated heterocycles. The molecular weight excluding hydrogens is 526 g/mol. The van der Waals surface area contributed by atoms with Gasteiger partial charge in [0.05, 0.1) is 31.3 Å². The molecule has 0 saturated carbocycles. The van der Waals surface area contributed by atoms with Crippen LogP contribution in [0.3, 0.4) is 0 Å². The molecule has 1 heterocycles. The number of nitrogens with zero attached hydrogens (tertiary/aromatic N) is 3. The molecular formula is C22H12Cl4N4O4. The topological polar surface area (TPSA) is 108 Å². The van der Waals surface area contributed by atoms with Gasteiger partial charge >= 0.3 is 0 Å². The van der Waals surface area contributed by atoms with Crippen molar-refractivity contribution in [2.24, 2.45) is 4.99 Å². The zero-order valence-electron chi connectivity index (χ0n) is 16.8. The maximum atomic E-state index is 13.4. The molecule has 1 fully saturated rings. The number of aromatic hydroxyl groups is 1. The third kappa shape index (κ3) is 4.80. The van der Waals surface area contributed by atoms with Crippen LogP contribution in [0.2, 0.25) is 20.1 Å². The molecule has 1 amide bonds. The molecule has 8 nitrogen and oxygen atoms in total. The summed E-state index contributed by atoms with van der Waals surface area (Å²) in [6, 6.07) is 12.7. The van der Waals surface area contributed by atoms with Gasteiger partial charge < -0.3 is 5.11 Å². The molecule has 34 heavy (non-hydrogen) atoms. The van der Waals surface area contributed by atoms with Crippen LogP contribution in [0.1, 0.15) is 5.56 Å². The van der Waals surface area contributed by atoms with E-state index in [4.69, 9.17) is 46.4 Å². The number of nitrogens with one attached hydrogen (secondary N) is 1. The number of benzene rings is 3. The Kier molecular flexibility index (Phi) is 6.67. The highest BCUT2D eigenvalue weighted by atomic mass is 35.5. The normalized spacial score (nSPS) is 15.8. The molecule has 0 radical (unpaired) electrons. The van der Waals surface area contributed by atoms with Gasteiger partial charge in [0.1, 0.15) is 11.4 Å². The van der Waals surface area contributed by atoms with Gasteiger partial charge in [0.2, 0.25) is 0 Å². The van der Waals surface area contributed by atoms with Gasteiger partial charge in [-0.2, -0.15) is 0 Å². The first-order valence-corrected chi connectivity index (χ1v) is 10.9. The first kappa shape index (κ1) is 23.8. The van der Waals surface area contributed by atoms with Crippen LogP contribution in [0.5, 0.6) is 5.75 Å². The van der Waals surface area contributed by atoms with E-state index in [1.165, 1.54) is 48.5 Å². The highest BCUT2D eigenvalue weighted by molar-refractivity contribution is 6.44. The number of rotatable bonds is 4. The number of hydrogen-bond donors (Lipinski definition) is 2. The van der Waals surface area contributed by atoms with Crippen molar-refractivity contribution in [2.75, 3.05) is 5.01 Å². The molecule has 0 aromatic heterocycles. The molecule has 0 aliphatic carbocycles. The Balaban J connectivity index is 1.87. The second kappa shape index (κ2) is 9.52. The largest absolute Gasteiger partial charge is 0.508 e. The lowest BCUT2D eigenvalue weighted by molar-refractivity contribution is -0.384. The average Bonchev–Trinajstić information content (AvgIpc) is 3.05. The fourth-order valence-electron chi connectivity index (χ4n) is 3.12. The zero-order chi connectivity index (χ0) is 24.6. The third-order valence-electron chi connectivity index (χ3n) is 4.69. The van der Waals surface area contributed by atoms with Crippen molar-refractivity contribution >= 4 is 81.3 Å². The number of nitro groups is 1. The van der Waals surface area contributed by atoms with Crippen LogP contribution in [0.4, 0.5) is 17.1 Å². The highest BCUT2D eigenvalue weighted by Gasteiger charge is 2.35. The van der Waals surface area contributed by atoms with E-state index in [0.29, 0.717) is 5.56 Å². The smallest absolute Gasteiger partial charge is 0.280 e. The first-order valence-electron chi connectivity index (χ1n) is 9.43. The molecule has 3 aromatic rings. The van der Waals surface area contributed by atoms with Gasteiger partial charge in [-0.3, -0.25) is 20.3 Å². The number of aliphatic imine (C=N–C) groups is 1. The summed E-state index contributed by atoms with van der Waals surface area (Å²) in [6.45, 7) is 0. The number of non-ortho nitro benzene ring substituents is 1. The van der Waals surface area contributed by atoms with Gasteiger partial charge in [0.25, 0.3) is 11.6 Å². The lowest BCUT2D eigenvalue weighted by Crippen LogP contribution is -2.36. The van der Waals surface area contributed by atoms with E-state index >= 15 is 0 Å². The summed E-state index contributed by atoms with van der Waals surface area (Å²) in [6.07, 6.45) is 1.52. The van der Waals surface area contributed by atoms with E-state index in [0.717, 1.165) is 5.01 Å². The molecule has 4 rings (SSSR count). The summed E-state index contributed by atoms with van der Waals surface area (Å²) in [5.74, 6) is -0.460. The molecule has 12 heteroatoms. The second-order valence-corrected chi connectivity index (χ2v) is 8.63. The van der Waals surface area contributed by atoms with Crippen molar-refractivity contribution in [3.05, 3.63) is 95.9 Å². The van der Waals surface area contributed by atoms with Crippen LogP contribution < -0.4 is 10.4 Å². The number of carbonyl (C=O) groups excluding carboxylic acids is 1. The minimum atomic E-state index is -0.583. The number of phenolic OH excluding ortho intramolecular Hbond substituents is 1. The van der Waals surface area contributed by atoms with Crippen LogP contribution in [0.25, 0.3) is 6.08 Å².